The molecule has 9 heteroatoms. The van der Waals surface area contributed by atoms with E-state index in [0.29, 0.717) is 18.3 Å². The van der Waals surface area contributed by atoms with E-state index in [9.17, 15) is 35.4 Å². The van der Waals surface area contributed by atoms with Gasteiger partial charge in [0, 0.05) is 0 Å². The lowest BCUT2D eigenvalue weighted by Gasteiger charge is -2.51. The fourth-order valence-corrected chi connectivity index (χ4v) is 7.09. The van der Waals surface area contributed by atoms with E-state index in [1.165, 1.54) is 11.1 Å². The Morgan fingerprint density at radius 2 is 1.88 bits per heavy atom. The number of carboxylic acid groups (broad SMARTS) is 1. The number of benzene rings is 1. The van der Waals surface area contributed by atoms with E-state index < -0.39 is 54.3 Å². The van der Waals surface area contributed by atoms with E-state index in [-0.39, 0.29) is 11.7 Å². The van der Waals surface area contributed by atoms with E-state index in [2.05, 4.69) is 6.92 Å². The number of aliphatic carboxylic acids is 1. The fraction of sp³-hybridized carbons (Fsp3) is 0.708. The van der Waals surface area contributed by atoms with Gasteiger partial charge in [-0.05, 0) is 78.5 Å². The van der Waals surface area contributed by atoms with Gasteiger partial charge in [0.2, 0.25) is 0 Å². The number of aliphatic hydroxyl groups excluding tert-OH is 4. The van der Waals surface area contributed by atoms with Crippen LogP contribution in [0, 0.1) is 17.3 Å². The second-order valence-electron chi connectivity index (χ2n) is 10.4. The summed E-state index contributed by atoms with van der Waals surface area (Å²) in [4.78, 5) is 11.4. The molecule has 9 nitrogen and oxygen atoms in total. The van der Waals surface area contributed by atoms with Crippen LogP contribution in [0.25, 0.3) is 0 Å². The largest absolute Gasteiger partial charge is 0.508 e. The number of hydrogen-bond donors (Lipinski definition) is 6. The molecule has 182 valence electrons. The van der Waals surface area contributed by atoms with Crippen molar-refractivity contribution in [1.82, 2.24) is 0 Å². The number of phenolic OH excluding ortho intramolecular Hbond substituents is 1. The minimum Gasteiger partial charge on any atom is -0.508 e. The number of aromatic hydroxyl groups is 1. The average Bonchev–Trinajstić information content (AvgIpc) is 3.03. The lowest BCUT2D eigenvalue weighted by atomic mass is 9.55. The van der Waals surface area contributed by atoms with Crippen molar-refractivity contribution >= 4 is 5.97 Å². The summed E-state index contributed by atoms with van der Waals surface area (Å²) < 4.78 is 11.3. The Bertz CT molecular complexity index is 921. The maximum atomic E-state index is 11.4. The van der Waals surface area contributed by atoms with Gasteiger partial charge in [0.15, 0.2) is 12.4 Å². The summed E-state index contributed by atoms with van der Waals surface area (Å²) in [5.74, 6) is -0.366. The number of hydrogen-bond acceptors (Lipinski definition) is 8. The number of aliphatic hydroxyl groups is 4. The highest BCUT2D eigenvalue weighted by atomic mass is 16.7. The van der Waals surface area contributed by atoms with Crippen molar-refractivity contribution in [3.05, 3.63) is 29.3 Å². The minimum atomic E-state index is -1.79. The first-order chi connectivity index (χ1) is 15.6. The summed E-state index contributed by atoms with van der Waals surface area (Å²) in [6.07, 6.45) is -5.97. The highest BCUT2D eigenvalue weighted by Gasteiger charge is 2.60. The molecule has 0 bridgehead atoms. The fourth-order valence-electron chi connectivity index (χ4n) is 7.09. The number of ether oxygens (including phenoxy) is 2. The normalized spacial score (nSPS) is 46.8. The van der Waals surface area contributed by atoms with Gasteiger partial charge in [0.25, 0.3) is 0 Å². The molecule has 1 aliphatic heterocycles. The molecular formula is C24H32O9. The van der Waals surface area contributed by atoms with Crippen LogP contribution in [0.15, 0.2) is 18.2 Å². The minimum absolute atomic E-state index is 0.157. The Morgan fingerprint density at radius 1 is 1.12 bits per heavy atom. The van der Waals surface area contributed by atoms with Crippen LogP contribution in [0.2, 0.25) is 0 Å². The lowest BCUT2D eigenvalue weighted by molar-refractivity contribution is -0.317. The van der Waals surface area contributed by atoms with Gasteiger partial charge in [-0.2, -0.15) is 0 Å². The van der Waals surface area contributed by atoms with Gasteiger partial charge in [0.05, 0.1) is 12.2 Å². The van der Waals surface area contributed by atoms with E-state index in [0.717, 1.165) is 25.7 Å². The Kier molecular flexibility index (Phi) is 5.70. The highest BCUT2D eigenvalue weighted by molar-refractivity contribution is 5.73. The summed E-state index contributed by atoms with van der Waals surface area (Å²) >= 11 is 0. The number of fused-ring (bicyclic) bond motifs is 5. The number of aryl methyl sites for hydroxylation is 1. The van der Waals surface area contributed by atoms with Crippen molar-refractivity contribution in [3.63, 3.8) is 0 Å². The molecule has 1 saturated heterocycles. The van der Waals surface area contributed by atoms with E-state index in [4.69, 9.17) is 9.47 Å². The maximum absolute atomic E-state index is 11.4. The molecule has 0 spiro atoms. The molecular weight excluding hydrogens is 432 g/mol. The number of carbonyl (C=O) groups is 1. The zero-order valence-corrected chi connectivity index (χ0v) is 18.4. The third-order valence-corrected chi connectivity index (χ3v) is 8.74. The summed E-state index contributed by atoms with van der Waals surface area (Å²) in [5.41, 5.74) is 2.02. The number of carboxylic acids is 1. The van der Waals surface area contributed by atoms with Gasteiger partial charge in [-0.3, -0.25) is 0 Å². The molecule has 1 aromatic carbocycles. The van der Waals surface area contributed by atoms with Crippen molar-refractivity contribution in [2.24, 2.45) is 17.3 Å². The Hall–Kier alpha value is -1.75. The topological polar surface area (TPSA) is 157 Å². The smallest absolute Gasteiger partial charge is 0.335 e. The molecule has 2 saturated carbocycles. The van der Waals surface area contributed by atoms with Crippen LogP contribution in [-0.2, 0) is 20.7 Å². The zero-order chi connectivity index (χ0) is 23.7. The van der Waals surface area contributed by atoms with Crippen LogP contribution in [0.5, 0.6) is 5.75 Å². The summed E-state index contributed by atoms with van der Waals surface area (Å²) in [6, 6.07) is 5.58. The monoisotopic (exact) mass is 464 g/mol. The molecule has 0 aromatic heterocycles. The Morgan fingerprint density at radius 3 is 2.61 bits per heavy atom. The molecule has 1 heterocycles. The van der Waals surface area contributed by atoms with E-state index in [1.807, 2.05) is 12.1 Å². The molecule has 0 amide bonds. The SMILES string of the molecule is C[C@]12CC[C@H]3c4ccc(O)cc4CC[C@@H]3[C@H]1C[C@@H](O)[C@@H]2OC1O[C@H](C(=O)O)[C@@H](O)[C@H](O)[C@H]1O. The molecule has 3 fully saturated rings. The Balaban J connectivity index is 1.38. The molecule has 33 heavy (non-hydrogen) atoms. The average molecular weight is 465 g/mol. The van der Waals surface area contributed by atoms with Gasteiger partial charge in [0.1, 0.15) is 24.1 Å². The second kappa shape index (κ2) is 8.18. The van der Waals surface area contributed by atoms with Crippen molar-refractivity contribution in [3.8, 4) is 5.75 Å². The highest BCUT2D eigenvalue weighted by Crippen LogP contribution is 2.62. The predicted octanol–water partition coefficient (Wildman–Crippen LogP) is 0.496. The molecule has 1 aromatic rings. The van der Waals surface area contributed by atoms with Crippen molar-refractivity contribution < 1.29 is 44.9 Å². The van der Waals surface area contributed by atoms with Gasteiger partial charge < -0.3 is 40.1 Å². The molecule has 11 atom stereocenters. The number of phenols is 1. The predicted molar refractivity (Wildman–Crippen MR) is 113 cm³/mol. The van der Waals surface area contributed by atoms with Gasteiger partial charge >= 0.3 is 5.97 Å². The van der Waals surface area contributed by atoms with Crippen LogP contribution in [0.1, 0.15) is 49.7 Å². The molecule has 1 unspecified atom stereocenters. The summed E-state index contributed by atoms with van der Waals surface area (Å²) in [5, 5.41) is 60.6. The molecule has 5 rings (SSSR count). The van der Waals surface area contributed by atoms with Crippen molar-refractivity contribution in [1.29, 1.82) is 0 Å². The van der Waals surface area contributed by atoms with Crippen molar-refractivity contribution in [2.75, 3.05) is 0 Å². The second-order valence-corrected chi connectivity index (χ2v) is 10.4. The molecule has 4 aliphatic rings. The first-order valence-corrected chi connectivity index (χ1v) is 11.7. The van der Waals surface area contributed by atoms with Crippen LogP contribution in [-0.4, -0.2) is 79.5 Å². The van der Waals surface area contributed by atoms with Crippen molar-refractivity contribution in [2.45, 2.75) is 87.9 Å². The maximum Gasteiger partial charge on any atom is 0.335 e. The summed E-state index contributed by atoms with van der Waals surface area (Å²) in [6.45, 7) is 2.07. The first kappa shape index (κ1) is 23.0. The summed E-state index contributed by atoms with van der Waals surface area (Å²) in [7, 11) is 0. The molecule has 6 N–H and O–H groups in total. The van der Waals surface area contributed by atoms with Gasteiger partial charge in [-0.1, -0.05) is 13.0 Å². The standard InChI is InChI=1S/C24H32O9/c1-24-7-6-13-12-5-3-11(25)8-10(12)2-4-14(13)15(24)9-16(26)21(24)33-23-19(29)17(27)18(28)20(32-23)22(30)31/h3,5,8,13-21,23,25-29H,2,4,6-7,9H2,1H3,(H,30,31)/t13-,14-,15+,16+,17-,18-,19+,20-,21-,23?,24-/m0/s1. The lowest BCUT2D eigenvalue weighted by Crippen LogP contribution is -2.61. The Labute approximate surface area is 191 Å². The number of rotatable bonds is 3. The molecule has 0 radical (unpaired) electrons. The quantitative estimate of drug-likeness (QED) is 0.375. The van der Waals surface area contributed by atoms with Crippen LogP contribution in [0.4, 0.5) is 0 Å². The first-order valence-electron chi connectivity index (χ1n) is 11.7. The van der Waals surface area contributed by atoms with Gasteiger partial charge in [-0.15, -0.1) is 0 Å². The van der Waals surface area contributed by atoms with E-state index >= 15 is 0 Å². The van der Waals surface area contributed by atoms with Crippen LogP contribution < -0.4 is 0 Å². The van der Waals surface area contributed by atoms with Gasteiger partial charge in [-0.25, -0.2) is 4.79 Å². The van der Waals surface area contributed by atoms with Crippen LogP contribution in [0.3, 0.4) is 0 Å². The van der Waals surface area contributed by atoms with E-state index in [1.54, 1.807) is 6.07 Å². The van der Waals surface area contributed by atoms with Crippen LogP contribution >= 0.6 is 0 Å². The molecule has 3 aliphatic carbocycles. The third-order valence-electron chi connectivity index (χ3n) is 8.74. The zero-order valence-electron chi connectivity index (χ0n) is 18.4. The third kappa shape index (κ3) is 3.57.